The topological polar surface area (TPSA) is 61.8 Å². The molecule has 0 aromatic rings. The zero-order valence-electron chi connectivity index (χ0n) is 6.30. The molecule has 0 aromatic carbocycles. The van der Waals surface area contributed by atoms with Crippen LogP contribution in [0.5, 0.6) is 0 Å². The van der Waals surface area contributed by atoms with Gasteiger partial charge >= 0.3 is 6.03 Å². The van der Waals surface area contributed by atoms with Gasteiger partial charge in [-0.25, -0.2) is 4.79 Å². The van der Waals surface area contributed by atoms with E-state index in [4.69, 9.17) is 23.2 Å². The van der Waals surface area contributed by atoms with Gasteiger partial charge in [-0.15, -0.1) is 28.1 Å². The molecule has 0 unspecified atom stereocenters. The smallest absolute Gasteiger partial charge is 0.335 e. The minimum Gasteiger partial charge on any atom is -0.335 e. The molecule has 12 heavy (non-hydrogen) atoms. The van der Waals surface area contributed by atoms with Crippen molar-refractivity contribution in [2.75, 3.05) is 24.8 Å². The molecule has 0 aliphatic carbocycles. The lowest BCUT2D eigenvalue weighted by atomic mass is 10.2. The Morgan fingerprint density at radius 1 is 1.42 bits per heavy atom. The van der Waals surface area contributed by atoms with Crippen molar-refractivity contribution >= 4 is 29.2 Å². The van der Waals surface area contributed by atoms with Crippen LogP contribution >= 0.6 is 23.2 Å². The molecule has 0 heterocycles. The van der Waals surface area contributed by atoms with Gasteiger partial charge in [0.25, 0.3) is 0 Å². The van der Waals surface area contributed by atoms with Crippen molar-refractivity contribution in [3.05, 3.63) is 4.91 Å². The average Bonchev–Trinajstić information content (AvgIpc) is 2.10. The van der Waals surface area contributed by atoms with Crippen molar-refractivity contribution in [3.8, 4) is 0 Å². The molecule has 0 aromatic heterocycles. The summed E-state index contributed by atoms with van der Waals surface area (Å²) in [5.41, 5.74) is 0. The zero-order chi connectivity index (χ0) is 9.40. The van der Waals surface area contributed by atoms with Crippen LogP contribution in [0.25, 0.3) is 0 Å². The molecule has 0 aliphatic heterocycles. The predicted octanol–water partition coefficient (Wildman–Crippen LogP) is 1.16. The van der Waals surface area contributed by atoms with Crippen LogP contribution in [-0.4, -0.2) is 35.9 Å². The molecule has 0 rings (SSSR count). The number of nitroso groups, excluding NO2 is 1. The number of urea groups is 1. The van der Waals surface area contributed by atoms with Gasteiger partial charge in [-0.2, -0.15) is 5.01 Å². The Hall–Kier alpha value is -0.550. The molecule has 0 saturated heterocycles. The molecule has 0 bridgehead atoms. The number of alkyl halides is 2. The number of hydrogen-bond acceptors (Lipinski definition) is 3. The Morgan fingerprint density at radius 3 is 2.50 bits per heavy atom. The first kappa shape index (κ1) is 11.4. The summed E-state index contributed by atoms with van der Waals surface area (Å²) < 4.78 is 0. The van der Waals surface area contributed by atoms with Crippen LogP contribution in [-0.2, 0) is 0 Å². The summed E-state index contributed by atoms with van der Waals surface area (Å²) in [7, 11) is 0. The third-order valence-corrected chi connectivity index (χ3v) is 1.36. The van der Waals surface area contributed by atoms with Crippen molar-refractivity contribution in [2.45, 2.75) is 0 Å². The first-order valence-corrected chi connectivity index (χ1v) is 4.33. The second kappa shape index (κ2) is 7.12. The van der Waals surface area contributed by atoms with Gasteiger partial charge in [-0.05, 0) is 0 Å². The molecule has 2 amide bonds. The number of nitrogens with one attached hydrogen (secondary N) is 1. The minimum absolute atomic E-state index is 0.0964. The number of amides is 2. The highest BCUT2D eigenvalue weighted by atomic mass is 35.5. The first-order chi connectivity index (χ1) is 5.76. The normalized spacial score (nSPS) is 9.17. The molecule has 0 atom stereocenters. The van der Waals surface area contributed by atoms with E-state index in [2.05, 4.69) is 10.6 Å². The van der Waals surface area contributed by atoms with E-state index < -0.39 is 6.03 Å². The van der Waals surface area contributed by atoms with E-state index in [-0.39, 0.29) is 12.4 Å². The van der Waals surface area contributed by atoms with Gasteiger partial charge in [0, 0.05) is 18.3 Å². The summed E-state index contributed by atoms with van der Waals surface area (Å²) in [5, 5.41) is 5.55. The largest absolute Gasteiger partial charge is 0.340 e. The van der Waals surface area contributed by atoms with Crippen LogP contribution in [0.2, 0.25) is 0 Å². The van der Waals surface area contributed by atoms with E-state index in [1.165, 1.54) is 0 Å². The average molecular weight is 213 g/mol. The minimum atomic E-state index is -0.578. The molecule has 5 nitrogen and oxygen atoms in total. The Kier molecular flexibility index (Phi) is 6.79. The standard InChI is InChI=1S/C5H9Cl2N3O2/c6-1-3-8-5(11)10(9-12)4-2-7/h1-4H2,(H,8,11)/i5-1. The van der Waals surface area contributed by atoms with Crippen LogP contribution in [0.1, 0.15) is 0 Å². The van der Waals surface area contributed by atoms with Crippen molar-refractivity contribution in [3.63, 3.8) is 0 Å². The molecule has 0 spiro atoms. The Bertz CT molecular complexity index is 156. The molecule has 0 saturated carbocycles. The van der Waals surface area contributed by atoms with Crippen LogP contribution < -0.4 is 5.32 Å². The van der Waals surface area contributed by atoms with Gasteiger partial charge in [-0.1, -0.05) is 0 Å². The predicted molar refractivity (Wildman–Crippen MR) is 47.3 cm³/mol. The number of hydrogen-bond donors (Lipinski definition) is 1. The quantitative estimate of drug-likeness (QED) is 0.423. The molecule has 0 radical (unpaired) electrons. The summed E-state index contributed by atoms with van der Waals surface area (Å²) in [6.45, 7) is 0.397. The third kappa shape index (κ3) is 4.35. The van der Waals surface area contributed by atoms with Gasteiger partial charge in [-0.3, -0.25) is 0 Å². The Labute approximate surface area is 79.9 Å². The zero-order valence-corrected chi connectivity index (χ0v) is 7.81. The highest BCUT2D eigenvalue weighted by Gasteiger charge is 2.11. The molecular formula is C5H9Cl2N3O2. The maximum Gasteiger partial charge on any atom is 0.340 e. The summed E-state index contributed by atoms with van der Waals surface area (Å²) >= 11 is 10.6. The number of rotatable bonds is 5. The molecule has 70 valence electrons. The first-order valence-electron chi connectivity index (χ1n) is 3.26. The van der Waals surface area contributed by atoms with Crippen molar-refractivity contribution in [2.24, 2.45) is 5.29 Å². The monoisotopic (exact) mass is 212 g/mol. The van der Waals surface area contributed by atoms with E-state index in [1.54, 1.807) is 0 Å². The van der Waals surface area contributed by atoms with Gasteiger partial charge in [0.2, 0.25) is 0 Å². The summed E-state index contributed by atoms with van der Waals surface area (Å²) in [5.74, 6) is 0.458. The van der Waals surface area contributed by atoms with E-state index in [1.807, 2.05) is 0 Å². The van der Waals surface area contributed by atoms with Crippen molar-refractivity contribution in [1.29, 1.82) is 0 Å². The van der Waals surface area contributed by atoms with Crippen LogP contribution in [0.4, 0.5) is 4.79 Å². The lowest BCUT2D eigenvalue weighted by Gasteiger charge is -2.11. The van der Waals surface area contributed by atoms with Crippen molar-refractivity contribution in [1.82, 2.24) is 10.3 Å². The highest BCUT2D eigenvalue weighted by molar-refractivity contribution is 6.18. The molecule has 7 heteroatoms. The SMILES string of the molecule is O=NN(CCCl)[11C](=O)NCCCl. The van der Waals surface area contributed by atoms with E-state index in [9.17, 15) is 9.70 Å². The van der Waals surface area contributed by atoms with Crippen molar-refractivity contribution < 1.29 is 4.79 Å². The summed E-state index contributed by atoms with van der Waals surface area (Å²) in [4.78, 5) is 20.9. The lowest BCUT2D eigenvalue weighted by Crippen LogP contribution is -2.38. The van der Waals surface area contributed by atoms with Gasteiger partial charge in [0.1, 0.15) is 0 Å². The molecular weight excluding hydrogens is 204 g/mol. The van der Waals surface area contributed by atoms with Crippen LogP contribution in [0.3, 0.4) is 0 Å². The maximum atomic E-state index is 10.9. The number of halogens is 2. The van der Waals surface area contributed by atoms with Crippen LogP contribution in [0.15, 0.2) is 5.29 Å². The van der Waals surface area contributed by atoms with Gasteiger partial charge < -0.3 is 5.32 Å². The number of carbonyl (C=O) groups excluding carboxylic acids is 1. The van der Waals surface area contributed by atoms with E-state index in [0.29, 0.717) is 17.4 Å². The fourth-order valence-corrected chi connectivity index (χ4v) is 0.760. The van der Waals surface area contributed by atoms with Gasteiger partial charge in [0.15, 0.2) is 0 Å². The lowest BCUT2D eigenvalue weighted by molar-refractivity contribution is 0.203. The Morgan fingerprint density at radius 2 is 2.08 bits per heavy atom. The maximum absolute atomic E-state index is 10.9. The molecule has 0 fully saturated rings. The highest BCUT2D eigenvalue weighted by Crippen LogP contribution is 1.91. The van der Waals surface area contributed by atoms with Gasteiger partial charge in [0.05, 0.1) is 11.8 Å². The fourth-order valence-electron chi connectivity index (χ4n) is 0.505. The Balaban J connectivity index is 3.77. The van der Waals surface area contributed by atoms with Crippen LogP contribution in [0, 0.1) is 4.91 Å². The summed E-state index contributed by atoms with van der Waals surface area (Å²) in [6.07, 6.45) is 0. The molecule has 1 N–H and O–H groups in total. The summed E-state index contributed by atoms with van der Waals surface area (Å²) in [6, 6.07) is -0.578. The number of carbonyl (C=O) groups is 1. The fraction of sp³-hybridized carbons (Fsp3) is 0.800. The van der Waals surface area contributed by atoms with E-state index >= 15 is 0 Å². The van der Waals surface area contributed by atoms with E-state index in [0.717, 1.165) is 0 Å². The third-order valence-electron chi connectivity index (χ3n) is 1.00. The number of nitrogens with zero attached hydrogens (tertiary/aromatic N) is 2. The second-order valence-corrected chi connectivity index (χ2v) is 2.57. The second-order valence-electron chi connectivity index (χ2n) is 1.81. The molecule has 0 aliphatic rings.